The van der Waals surface area contributed by atoms with Crippen molar-refractivity contribution < 1.29 is 4.74 Å². The Morgan fingerprint density at radius 1 is 1.14 bits per heavy atom. The number of methoxy groups -OCH3 is 1. The van der Waals surface area contributed by atoms with Gasteiger partial charge in [0, 0.05) is 23.9 Å². The van der Waals surface area contributed by atoms with E-state index in [9.17, 15) is 0 Å². The number of nitrogens with zero attached hydrogens (tertiary/aromatic N) is 2. The van der Waals surface area contributed by atoms with Crippen LogP contribution in [-0.4, -0.2) is 23.6 Å². The Balaban J connectivity index is 2.37. The fourth-order valence-electron chi connectivity index (χ4n) is 1.97. The Kier molecular flexibility index (Phi) is 5.14. The largest absolute Gasteiger partial charge is 0.497 e. The van der Waals surface area contributed by atoms with Gasteiger partial charge in [0.1, 0.15) is 11.6 Å². The molecule has 0 unspecified atom stereocenters. The maximum absolute atomic E-state index is 5.19. The lowest BCUT2D eigenvalue weighted by molar-refractivity contribution is 0.415. The van der Waals surface area contributed by atoms with Gasteiger partial charge in [-0.3, -0.25) is 0 Å². The second-order valence-electron chi connectivity index (χ2n) is 5.31. The molecule has 0 fully saturated rings. The lowest BCUT2D eigenvalue weighted by Crippen LogP contribution is -2.06. The molecule has 0 amide bonds. The van der Waals surface area contributed by atoms with Crippen LogP contribution >= 0.6 is 0 Å². The maximum atomic E-state index is 5.19. The molecule has 0 atom stereocenters. The molecule has 0 bridgehead atoms. The molecule has 0 aliphatic carbocycles. The first-order chi connectivity index (χ1) is 10.1. The zero-order valence-corrected chi connectivity index (χ0v) is 13.2. The van der Waals surface area contributed by atoms with Crippen molar-refractivity contribution in [1.82, 2.24) is 9.97 Å². The van der Waals surface area contributed by atoms with Crippen molar-refractivity contribution in [1.29, 1.82) is 0 Å². The summed E-state index contributed by atoms with van der Waals surface area (Å²) in [4.78, 5) is 9.29. The van der Waals surface area contributed by atoms with Gasteiger partial charge in [0.15, 0.2) is 5.82 Å². The number of aromatic nitrogens is 2. The normalized spacial score (nSPS) is 10.7. The van der Waals surface area contributed by atoms with E-state index in [0.717, 1.165) is 41.6 Å². The highest BCUT2D eigenvalue weighted by Crippen LogP contribution is 2.23. The summed E-state index contributed by atoms with van der Waals surface area (Å²) in [6, 6.07) is 9.87. The van der Waals surface area contributed by atoms with Gasteiger partial charge in [0.05, 0.1) is 7.11 Å². The van der Waals surface area contributed by atoms with E-state index in [4.69, 9.17) is 4.74 Å². The highest BCUT2D eigenvalue weighted by molar-refractivity contribution is 5.59. The van der Waals surface area contributed by atoms with E-state index >= 15 is 0 Å². The predicted octanol–water partition coefficient (Wildman–Crippen LogP) is 4.10. The monoisotopic (exact) mass is 285 g/mol. The molecule has 112 valence electrons. The van der Waals surface area contributed by atoms with E-state index in [0.29, 0.717) is 5.92 Å². The molecule has 0 aliphatic heterocycles. The Morgan fingerprint density at radius 3 is 2.43 bits per heavy atom. The fraction of sp³-hybridized carbons (Fsp3) is 0.412. The first kappa shape index (κ1) is 15.3. The molecule has 1 aromatic carbocycles. The minimum absolute atomic E-state index is 0.368. The number of benzene rings is 1. The van der Waals surface area contributed by atoms with Crippen molar-refractivity contribution in [2.24, 2.45) is 0 Å². The molecule has 4 nitrogen and oxygen atoms in total. The number of rotatable bonds is 6. The van der Waals surface area contributed by atoms with Crippen molar-refractivity contribution in [3.8, 4) is 17.1 Å². The van der Waals surface area contributed by atoms with Crippen molar-refractivity contribution >= 4 is 5.82 Å². The standard InChI is InChI=1S/C17H23N3O/c1-5-10-18-16-11-15(12(2)3)19-17(20-16)13-6-8-14(21-4)9-7-13/h6-9,11-12H,5,10H2,1-4H3,(H,18,19,20). The van der Waals surface area contributed by atoms with Crippen LogP contribution in [0, 0.1) is 0 Å². The minimum atomic E-state index is 0.368. The molecule has 21 heavy (non-hydrogen) atoms. The van der Waals surface area contributed by atoms with E-state index in [-0.39, 0.29) is 0 Å². The van der Waals surface area contributed by atoms with Gasteiger partial charge in [0.25, 0.3) is 0 Å². The first-order valence-electron chi connectivity index (χ1n) is 7.41. The van der Waals surface area contributed by atoms with Crippen LogP contribution in [0.1, 0.15) is 38.8 Å². The van der Waals surface area contributed by atoms with Gasteiger partial charge in [-0.1, -0.05) is 20.8 Å². The average molecular weight is 285 g/mol. The molecule has 2 rings (SSSR count). The molecule has 4 heteroatoms. The van der Waals surface area contributed by atoms with Crippen molar-refractivity contribution in [2.45, 2.75) is 33.1 Å². The summed E-state index contributed by atoms with van der Waals surface area (Å²) < 4.78 is 5.19. The van der Waals surface area contributed by atoms with Gasteiger partial charge in [-0.25, -0.2) is 9.97 Å². The Morgan fingerprint density at radius 2 is 1.86 bits per heavy atom. The Bertz CT molecular complexity index is 579. The van der Waals surface area contributed by atoms with Gasteiger partial charge in [-0.05, 0) is 36.6 Å². The van der Waals surface area contributed by atoms with Gasteiger partial charge in [-0.2, -0.15) is 0 Å². The van der Waals surface area contributed by atoms with Crippen molar-refractivity contribution in [3.63, 3.8) is 0 Å². The van der Waals surface area contributed by atoms with Crippen LogP contribution in [0.4, 0.5) is 5.82 Å². The molecular formula is C17H23N3O. The Hall–Kier alpha value is -2.10. The zero-order chi connectivity index (χ0) is 15.2. The summed E-state index contributed by atoms with van der Waals surface area (Å²) in [5.74, 6) is 2.85. The zero-order valence-electron chi connectivity index (χ0n) is 13.2. The highest BCUT2D eigenvalue weighted by Gasteiger charge is 2.09. The van der Waals surface area contributed by atoms with Crippen LogP contribution in [0.3, 0.4) is 0 Å². The third-order valence-corrected chi connectivity index (χ3v) is 3.24. The second kappa shape index (κ2) is 7.07. The minimum Gasteiger partial charge on any atom is -0.497 e. The van der Waals surface area contributed by atoms with Crippen LogP contribution in [0.5, 0.6) is 5.75 Å². The molecule has 0 aliphatic rings. The SMILES string of the molecule is CCCNc1cc(C(C)C)nc(-c2ccc(OC)cc2)n1. The Labute approximate surface area is 126 Å². The summed E-state index contributed by atoms with van der Waals surface area (Å²) in [7, 11) is 1.66. The summed E-state index contributed by atoms with van der Waals surface area (Å²) in [6.07, 6.45) is 1.07. The summed E-state index contributed by atoms with van der Waals surface area (Å²) >= 11 is 0. The van der Waals surface area contributed by atoms with E-state index < -0.39 is 0 Å². The molecule has 0 spiro atoms. The highest BCUT2D eigenvalue weighted by atomic mass is 16.5. The fourth-order valence-corrected chi connectivity index (χ4v) is 1.97. The number of nitrogens with one attached hydrogen (secondary N) is 1. The van der Waals surface area contributed by atoms with E-state index in [1.165, 1.54) is 0 Å². The lowest BCUT2D eigenvalue weighted by atomic mass is 10.1. The number of ether oxygens (including phenoxy) is 1. The van der Waals surface area contributed by atoms with Crippen LogP contribution in [0.15, 0.2) is 30.3 Å². The molecule has 1 N–H and O–H groups in total. The van der Waals surface area contributed by atoms with Gasteiger partial charge >= 0.3 is 0 Å². The van der Waals surface area contributed by atoms with Crippen LogP contribution in [0.2, 0.25) is 0 Å². The quantitative estimate of drug-likeness (QED) is 0.868. The predicted molar refractivity (Wildman–Crippen MR) is 86.9 cm³/mol. The van der Waals surface area contributed by atoms with Crippen LogP contribution in [-0.2, 0) is 0 Å². The summed E-state index contributed by atoms with van der Waals surface area (Å²) in [6.45, 7) is 7.34. The molecule has 2 aromatic rings. The number of hydrogen-bond donors (Lipinski definition) is 1. The lowest BCUT2D eigenvalue weighted by Gasteiger charge is -2.12. The van der Waals surface area contributed by atoms with Crippen LogP contribution < -0.4 is 10.1 Å². The molecule has 0 radical (unpaired) electrons. The molecular weight excluding hydrogens is 262 g/mol. The first-order valence-corrected chi connectivity index (χ1v) is 7.41. The summed E-state index contributed by atoms with van der Waals surface area (Å²) in [5, 5.41) is 3.35. The number of anilines is 1. The number of hydrogen-bond acceptors (Lipinski definition) is 4. The average Bonchev–Trinajstić information content (AvgIpc) is 2.52. The van der Waals surface area contributed by atoms with E-state index in [2.05, 4.69) is 36.1 Å². The molecule has 0 saturated heterocycles. The second-order valence-corrected chi connectivity index (χ2v) is 5.31. The van der Waals surface area contributed by atoms with E-state index in [1.807, 2.05) is 30.3 Å². The molecule has 1 aromatic heterocycles. The molecule has 0 saturated carbocycles. The third-order valence-electron chi connectivity index (χ3n) is 3.24. The topological polar surface area (TPSA) is 47.0 Å². The van der Waals surface area contributed by atoms with Crippen molar-refractivity contribution in [2.75, 3.05) is 19.0 Å². The third kappa shape index (κ3) is 3.94. The maximum Gasteiger partial charge on any atom is 0.161 e. The summed E-state index contributed by atoms with van der Waals surface area (Å²) in [5.41, 5.74) is 2.05. The van der Waals surface area contributed by atoms with Gasteiger partial charge in [0.2, 0.25) is 0 Å². The van der Waals surface area contributed by atoms with Gasteiger partial charge in [-0.15, -0.1) is 0 Å². The van der Waals surface area contributed by atoms with Crippen molar-refractivity contribution in [3.05, 3.63) is 36.0 Å². The van der Waals surface area contributed by atoms with Crippen LogP contribution in [0.25, 0.3) is 11.4 Å². The van der Waals surface area contributed by atoms with E-state index in [1.54, 1.807) is 7.11 Å². The van der Waals surface area contributed by atoms with Gasteiger partial charge < -0.3 is 10.1 Å². The smallest absolute Gasteiger partial charge is 0.161 e. The molecule has 1 heterocycles.